The fraction of sp³-hybridized carbons (Fsp3) is 0.286. The molecule has 0 atom stereocenters. The molecule has 0 fully saturated rings. The summed E-state index contributed by atoms with van der Waals surface area (Å²) < 4.78 is 33.9. The van der Waals surface area contributed by atoms with Gasteiger partial charge in [0.1, 0.15) is 16.4 Å². The maximum Gasteiger partial charge on any atom is 0.265 e. The van der Waals surface area contributed by atoms with E-state index < -0.39 is 10.0 Å². The number of benzene rings is 1. The fourth-order valence-corrected chi connectivity index (χ4v) is 3.48. The predicted octanol–water partition coefficient (Wildman–Crippen LogP) is 3.10. The van der Waals surface area contributed by atoms with Crippen LogP contribution in [0.15, 0.2) is 39.6 Å². The van der Waals surface area contributed by atoms with E-state index in [4.69, 9.17) is 4.42 Å². The zero-order valence-corrected chi connectivity index (χ0v) is 14.8. The van der Waals surface area contributed by atoms with Crippen LogP contribution < -0.4 is 10.0 Å². The molecule has 0 saturated heterocycles. The predicted molar refractivity (Wildman–Crippen MR) is 90.8 cm³/mol. The molecule has 0 spiro atoms. The molecule has 114 valence electrons. The molecule has 0 aliphatic rings. The summed E-state index contributed by atoms with van der Waals surface area (Å²) in [5, 5.41) is 3.10. The Kier molecular flexibility index (Phi) is 5.28. The van der Waals surface area contributed by atoms with Crippen molar-refractivity contribution in [1.29, 1.82) is 0 Å². The Bertz CT molecular complexity index is 708. The molecule has 2 N–H and O–H groups in total. The maximum absolute atomic E-state index is 12.4. The summed E-state index contributed by atoms with van der Waals surface area (Å²) in [4.78, 5) is 0.175. The highest BCUT2D eigenvalue weighted by Gasteiger charge is 2.21. The highest BCUT2D eigenvalue weighted by Crippen LogP contribution is 2.23. The number of hydrogen-bond acceptors (Lipinski definition) is 4. The van der Waals surface area contributed by atoms with Crippen molar-refractivity contribution in [2.24, 2.45) is 0 Å². The number of anilines is 1. The molecule has 0 aliphatic heterocycles. The summed E-state index contributed by atoms with van der Waals surface area (Å²) in [6.45, 7) is 4.93. The zero-order chi connectivity index (χ0) is 15.5. The second-order valence-corrected chi connectivity index (χ2v) is 7.42. The Morgan fingerprint density at radius 3 is 2.52 bits per heavy atom. The molecule has 0 bridgehead atoms. The summed E-state index contributed by atoms with van der Waals surface area (Å²) in [5.41, 5.74) is 0.532. The van der Waals surface area contributed by atoms with Crippen LogP contribution in [0, 0.1) is 10.5 Å². The zero-order valence-electron chi connectivity index (χ0n) is 11.8. The number of hydrogen-bond donors (Lipinski definition) is 2. The minimum atomic E-state index is -3.64. The van der Waals surface area contributed by atoms with Crippen molar-refractivity contribution in [3.63, 3.8) is 0 Å². The molecular formula is C14H17IN2O3S. The second-order valence-electron chi connectivity index (χ2n) is 4.53. The lowest BCUT2D eigenvalue weighted by molar-refractivity contribution is 0.460. The molecule has 2 aromatic rings. The van der Waals surface area contributed by atoms with Gasteiger partial charge in [-0.25, -0.2) is 8.42 Å². The standard InChI is InChI=1S/C14H17IN2O3S/c1-3-16-9-13-8-14(10(2)20-13)21(18,19)17-12-6-4-11(15)5-7-12/h4-8,16-17H,3,9H2,1-2H3. The molecule has 0 aliphatic carbocycles. The number of nitrogens with one attached hydrogen (secondary N) is 2. The maximum atomic E-state index is 12.4. The van der Waals surface area contributed by atoms with E-state index in [-0.39, 0.29) is 4.90 Å². The van der Waals surface area contributed by atoms with Crippen LogP contribution in [0.1, 0.15) is 18.4 Å². The highest BCUT2D eigenvalue weighted by molar-refractivity contribution is 14.1. The third kappa shape index (κ3) is 4.21. The number of rotatable bonds is 6. The molecule has 0 unspecified atom stereocenters. The second kappa shape index (κ2) is 6.80. The molecule has 2 rings (SSSR count). The first-order chi connectivity index (χ1) is 9.92. The Hall–Kier alpha value is -1.06. The molecule has 21 heavy (non-hydrogen) atoms. The van der Waals surface area contributed by atoms with Crippen LogP contribution in [0.5, 0.6) is 0 Å². The molecule has 0 radical (unpaired) electrons. The average Bonchev–Trinajstić information content (AvgIpc) is 2.81. The van der Waals surface area contributed by atoms with Crippen LogP contribution >= 0.6 is 22.6 Å². The van der Waals surface area contributed by atoms with Gasteiger partial charge >= 0.3 is 0 Å². The Morgan fingerprint density at radius 1 is 1.24 bits per heavy atom. The Balaban J connectivity index is 2.22. The lowest BCUT2D eigenvalue weighted by atomic mass is 10.3. The van der Waals surface area contributed by atoms with Crippen LogP contribution in [0.2, 0.25) is 0 Å². The van der Waals surface area contributed by atoms with Crippen molar-refractivity contribution in [1.82, 2.24) is 5.32 Å². The normalized spacial score (nSPS) is 11.6. The number of halogens is 1. The van der Waals surface area contributed by atoms with Gasteiger partial charge in [-0.2, -0.15) is 0 Å². The topological polar surface area (TPSA) is 71.3 Å². The van der Waals surface area contributed by atoms with Gasteiger partial charge in [0.2, 0.25) is 0 Å². The Morgan fingerprint density at radius 2 is 1.90 bits per heavy atom. The van der Waals surface area contributed by atoms with Gasteiger partial charge in [-0.3, -0.25) is 4.72 Å². The van der Waals surface area contributed by atoms with Crippen LogP contribution in [-0.4, -0.2) is 15.0 Å². The van der Waals surface area contributed by atoms with Gasteiger partial charge < -0.3 is 9.73 Å². The number of furan rings is 1. The lowest BCUT2D eigenvalue weighted by Crippen LogP contribution is -2.13. The number of sulfonamides is 1. The number of aryl methyl sites for hydroxylation is 1. The summed E-state index contributed by atoms with van der Waals surface area (Å²) >= 11 is 2.17. The van der Waals surface area contributed by atoms with Gasteiger partial charge in [0.15, 0.2) is 0 Å². The van der Waals surface area contributed by atoms with Gasteiger partial charge in [-0.05, 0) is 60.3 Å². The van der Waals surface area contributed by atoms with Crippen molar-refractivity contribution < 1.29 is 12.8 Å². The van der Waals surface area contributed by atoms with Crippen molar-refractivity contribution in [2.45, 2.75) is 25.3 Å². The Labute approximate surface area is 138 Å². The molecule has 0 saturated carbocycles. The van der Waals surface area contributed by atoms with Crippen LogP contribution in [0.3, 0.4) is 0 Å². The summed E-state index contributed by atoms with van der Waals surface area (Å²) in [5.74, 6) is 0.998. The molecule has 7 heteroatoms. The largest absolute Gasteiger partial charge is 0.464 e. The first-order valence-corrected chi connectivity index (χ1v) is 9.07. The molecule has 1 aromatic heterocycles. The molecule has 5 nitrogen and oxygen atoms in total. The van der Waals surface area contributed by atoms with Gasteiger partial charge in [0.25, 0.3) is 10.0 Å². The van der Waals surface area contributed by atoms with Gasteiger partial charge in [0, 0.05) is 15.3 Å². The van der Waals surface area contributed by atoms with E-state index in [0.29, 0.717) is 23.8 Å². The van der Waals surface area contributed by atoms with E-state index in [9.17, 15) is 8.42 Å². The minimum Gasteiger partial charge on any atom is -0.464 e. The van der Waals surface area contributed by atoms with Gasteiger partial charge in [0.05, 0.1) is 6.54 Å². The van der Waals surface area contributed by atoms with Crippen molar-refractivity contribution >= 4 is 38.3 Å². The van der Waals surface area contributed by atoms with Gasteiger partial charge in [-0.15, -0.1) is 0 Å². The first-order valence-electron chi connectivity index (χ1n) is 6.51. The average molecular weight is 420 g/mol. The smallest absolute Gasteiger partial charge is 0.265 e. The molecule has 1 aromatic carbocycles. The molecule has 0 amide bonds. The minimum absolute atomic E-state index is 0.175. The van der Waals surface area contributed by atoms with E-state index in [1.165, 1.54) is 0 Å². The summed E-state index contributed by atoms with van der Waals surface area (Å²) in [7, 11) is -3.64. The monoisotopic (exact) mass is 420 g/mol. The quantitative estimate of drug-likeness (QED) is 0.705. The van der Waals surface area contributed by atoms with E-state index in [1.54, 1.807) is 25.1 Å². The van der Waals surface area contributed by atoms with E-state index in [0.717, 1.165) is 10.1 Å². The SMILES string of the molecule is CCNCc1cc(S(=O)(=O)Nc2ccc(I)cc2)c(C)o1. The van der Waals surface area contributed by atoms with E-state index >= 15 is 0 Å². The third-order valence-electron chi connectivity index (χ3n) is 2.86. The third-order valence-corrected chi connectivity index (χ3v) is 5.07. The fourth-order valence-electron chi connectivity index (χ4n) is 1.85. The highest BCUT2D eigenvalue weighted by atomic mass is 127. The lowest BCUT2D eigenvalue weighted by Gasteiger charge is -2.06. The van der Waals surface area contributed by atoms with Crippen LogP contribution in [0.25, 0.3) is 0 Å². The summed E-state index contributed by atoms with van der Waals surface area (Å²) in [6.07, 6.45) is 0. The molecule has 1 heterocycles. The van der Waals surface area contributed by atoms with E-state index in [1.807, 2.05) is 19.1 Å². The first kappa shape index (κ1) is 16.3. The van der Waals surface area contributed by atoms with Crippen molar-refractivity contribution in [3.8, 4) is 0 Å². The van der Waals surface area contributed by atoms with Crippen LogP contribution in [-0.2, 0) is 16.6 Å². The summed E-state index contributed by atoms with van der Waals surface area (Å²) in [6, 6.07) is 8.71. The van der Waals surface area contributed by atoms with E-state index in [2.05, 4.69) is 32.6 Å². The van der Waals surface area contributed by atoms with Crippen molar-refractivity contribution in [2.75, 3.05) is 11.3 Å². The van der Waals surface area contributed by atoms with Crippen LogP contribution in [0.4, 0.5) is 5.69 Å². The van der Waals surface area contributed by atoms with Crippen molar-refractivity contribution in [3.05, 3.63) is 45.4 Å². The van der Waals surface area contributed by atoms with Gasteiger partial charge in [-0.1, -0.05) is 6.92 Å². The molecular weight excluding hydrogens is 403 g/mol.